The first-order chi connectivity index (χ1) is 22.0. The molecule has 0 unspecified atom stereocenters. The number of carbonyl (C=O) groups is 2. The normalized spacial score (nSPS) is 21.9. The minimum atomic E-state index is -4.65. The van der Waals surface area contributed by atoms with Gasteiger partial charge in [-0.2, -0.15) is 18.4 Å². The summed E-state index contributed by atoms with van der Waals surface area (Å²) < 4.78 is 102. The average molecular weight is 727 g/mol. The van der Waals surface area contributed by atoms with Crippen molar-refractivity contribution in [2.24, 2.45) is 0 Å². The van der Waals surface area contributed by atoms with E-state index in [9.17, 15) is 45.2 Å². The standard InChI is InChI=1S/C28H26Cl2F5N5O6S/c29-16-1-4-21(37-9-16)27(13-39(14-27)11-22(31)32)24(41)40-10-18(8-23(40)46-25(42)38-26(12-36)5-6-26)47(43,44)20-3-2-17(7-19(20)30)45-15-28(33,34)35/h1-4,7,9,18,22-23H,5-6,8,10-11,13-15H2,(H,38,42)/t18-,23+/m1/s1. The van der Waals surface area contributed by atoms with Gasteiger partial charge in [0.1, 0.15) is 16.7 Å². The molecule has 1 aliphatic carbocycles. The number of halogens is 7. The van der Waals surface area contributed by atoms with Gasteiger partial charge in [0.25, 0.3) is 6.43 Å². The number of hydrogen-bond donors (Lipinski definition) is 1. The highest BCUT2D eigenvalue weighted by atomic mass is 35.5. The molecule has 3 heterocycles. The van der Waals surface area contributed by atoms with Crippen LogP contribution in [0, 0.1) is 11.3 Å². The number of alkyl carbamates (subject to hydrolysis) is 1. The molecule has 5 rings (SSSR count). The molecular weight excluding hydrogens is 700 g/mol. The van der Waals surface area contributed by atoms with Gasteiger partial charge in [-0.3, -0.25) is 14.7 Å². The van der Waals surface area contributed by atoms with E-state index in [4.69, 9.17) is 27.9 Å². The van der Waals surface area contributed by atoms with Crippen LogP contribution in [0.15, 0.2) is 41.4 Å². The minimum absolute atomic E-state index is 0.172. The van der Waals surface area contributed by atoms with Crippen LogP contribution in [0.1, 0.15) is 25.0 Å². The smallest absolute Gasteiger partial charge is 0.422 e. The maximum Gasteiger partial charge on any atom is 0.422 e. The van der Waals surface area contributed by atoms with Gasteiger partial charge in [-0.25, -0.2) is 22.0 Å². The van der Waals surface area contributed by atoms with Crippen molar-refractivity contribution in [1.29, 1.82) is 5.26 Å². The lowest BCUT2D eigenvalue weighted by molar-refractivity contribution is -0.154. The number of aromatic nitrogens is 1. The second-order valence-electron chi connectivity index (χ2n) is 11.5. The van der Waals surface area contributed by atoms with Crippen molar-refractivity contribution < 1.29 is 49.4 Å². The zero-order chi connectivity index (χ0) is 34.4. The predicted octanol–water partition coefficient (Wildman–Crippen LogP) is 4.33. The van der Waals surface area contributed by atoms with Crippen molar-refractivity contribution in [3.63, 3.8) is 0 Å². The maximum absolute atomic E-state index is 14.3. The number of pyridine rings is 1. The lowest BCUT2D eigenvalue weighted by atomic mass is 9.75. The number of amides is 2. The molecule has 2 atom stereocenters. The van der Waals surface area contributed by atoms with E-state index in [0.29, 0.717) is 12.8 Å². The van der Waals surface area contributed by atoms with E-state index >= 15 is 0 Å². The Hall–Kier alpha value is -3.46. The van der Waals surface area contributed by atoms with Crippen LogP contribution >= 0.6 is 23.2 Å². The molecule has 3 fully saturated rings. The number of hydrogen-bond acceptors (Lipinski definition) is 9. The van der Waals surface area contributed by atoms with Gasteiger partial charge in [-0.15, -0.1) is 0 Å². The van der Waals surface area contributed by atoms with E-state index in [0.717, 1.165) is 23.1 Å². The lowest BCUT2D eigenvalue weighted by Gasteiger charge is -2.50. The van der Waals surface area contributed by atoms with Crippen molar-refractivity contribution in [2.45, 2.75) is 59.2 Å². The van der Waals surface area contributed by atoms with Crippen LogP contribution < -0.4 is 10.1 Å². The summed E-state index contributed by atoms with van der Waals surface area (Å²) in [5.74, 6) is -1.09. The van der Waals surface area contributed by atoms with E-state index in [1.54, 1.807) is 0 Å². The number of nitriles is 1. The largest absolute Gasteiger partial charge is 0.484 e. The molecular formula is C28H26Cl2F5N5O6S. The van der Waals surface area contributed by atoms with Crippen molar-refractivity contribution in [2.75, 3.05) is 32.8 Å². The van der Waals surface area contributed by atoms with Crippen LogP contribution in [-0.2, 0) is 24.8 Å². The van der Waals surface area contributed by atoms with Crippen LogP contribution in [0.3, 0.4) is 0 Å². The molecule has 254 valence electrons. The minimum Gasteiger partial charge on any atom is -0.484 e. The average Bonchev–Trinajstić information content (AvgIpc) is 3.61. The fourth-order valence-electron chi connectivity index (χ4n) is 5.58. The van der Waals surface area contributed by atoms with E-state index in [1.165, 1.54) is 23.2 Å². The van der Waals surface area contributed by atoms with Crippen molar-refractivity contribution in [1.82, 2.24) is 20.1 Å². The molecule has 1 N–H and O–H groups in total. The SMILES string of the molecule is N#CC1(NC(=O)O[C@H]2C[C@@H](S(=O)(=O)c3ccc(OCC(F)(F)F)cc3Cl)CN2C(=O)C2(c3ccc(Cl)cn3)CN(CC(F)F)C2)CC1. The highest BCUT2D eigenvalue weighted by Gasteiger charge is 2.57. The van der Waals surface area contributed by atoms with Gasteiger partial charge in [0.15, 0.2) is 22.7 Å². The number of nitrogens with zero attached hydrogens (tertiary/aromatic N) is 4. The van der Waals surface area contributed by atoms with Gasteiger partial charge in [-0.05, 0) is 37.1 Å². The molecule has 0 bridgehead atoms. The first kappa shape index (κ1) is 34.9. The number of alkyl halides is 5. The molecule has 1 saturated carbocycles. The number of benzene rings is 1. The topological polar surface area (TPSA) is 142 Å². The summed E-state index contributed by atoms with van der Waals surface area (Å²) in [6.45, 7) is -3.22. The summed E-state index contributed by atoms with van der Waals surface area (Å²) in [6.07, 6.45) is -8.40. The second-order valence-corrected chi connectivity index (χ2v) is 14.6. The van der Waals surface area contributed by atoms with Crippen LogP contribution in [0.25, 0.3) is 0 Å². The Labute approximate surface area is 275 Å². The van der Waals surface area contributed by atoms with Crippen molar-refractivity contribution >= 4 is 45.0 Å². The van der Waals surface area contributed by atoms with E-state index in [-0.39, 0.29) is 29.6 Å². The van der Waals surface area contributed by atoms with Gasteiger partial charge < -0.3 is 19.7 Å². The van der Waals surface area contributed by atoms with E-state index in [2.05, 4.69) is 15.0 Å². The quantitative estimate of drug-likeness (QED) is 0.354. The zero-order valence-electron chi connectivity index (χ0n) is 24.1. The summed E-state index contributed by atoms with van der Waals surface area (Å²) in [7, 11) is -4.43. The molecule has 11 nitrogen and oxygen atoms in total. The van der Waals surface area contributed by atoms with Gasteiger partial charge in [0.2, 0.25) is 5.91 Å². The molecule has 2 amide bonds. The van der Waals surface area contributed by atoms with Crippen LogP contribution in [0.5, 0.6) is 5.75 Å². The summed E-state index contributed by atoms with van der Waals surface area (Å²) in [5.41, 5.74) is -2.52. The molecule has 3 aliphatic rings. The Balaban J connectivity index is 1.45. The molecule has 2 saturated heterocycles. The van der Waals surface area contributed by atoms with E-state index in [1.807, 2.05) is 6.07 Å². The Morgan fingerprint density at radius 2 is 1.87 bits per heavy atom. The fraction of sp³-hybridized carbons (Fsp3) is 0.500. The zero-order valence-corrected chi connectivity index (χ0v) is 26.5. The van der Waals surface area contributed by atoms with Crippen LogP contribution in [-0.4, -0.2) is 97.6 Å². The number of sulfone groups is 1. The summed E-state index contributed by atoms with van der Waals surface area (Å²) >= 11 is 12.2. The second kappa shape index (κ2) is 12.9. The Morgan fingerprint density at radius 1 is 1.17 bits per heavy atom. The third kappa shape index (κ3) is 7.50. The number of rotatable bonds is 10. The highest BCUT2D eigenvalue weighted by Crippen LogP contribution is 2.41. The first-order valence-electron chi connectivity index (χ1n) is 14.0. The number of carbonyl (C=O) groups excluding carboxylic acids is 2. The molecule has 0 spiro atoms. The number of nitrogens with one attached hydrogen (secondary N) is 1. The van der Waals surface area contributed by atoms with Gasteiger partial charge in [0.05, 0.1) is 38.5 Å². The van der Waals surface area contributed by atoms with Gasteiger partial charge >= 0.3 is 12.3 Å². The molecule has 0 radical (unpaired) electrons. The van der Waals surface area contributed by atoms with Crippen LogP contribution in [0.2, 0.25) is 10.0 Å². The third-order valence-electron chi connectivity index (χ3n) is 8.08. The number of likely N-dealkylation sites (tertiary alicyclic amines) is 2. The molecule has 1 aromatic carbocycles. The predicted molar refractivity (Wildman–Crippen MR) is 155 cm³/mol. The molecule has 2 aliphatic heterocycles. The van der Waals surface area contributed by atoms with E-state index < -0.39 is 92.9 Å². The van der Waals surface area contributed by atoms with Crippen molar-refractivity contribution in [3.05, 3.63) is 52.3 Å². The summed E-state index contributed by atoms with van der Waals surface area (Å²) in [5, 5.41) is 10.1. The molecule has 2 aromatic rings. The van der Waals surface area contributed by atoms with Crippen LogP contribution in [0.4, 0.5) is 26.7 Å². The Morgan fingerprint density at radius 3 is 2.43 bits per heavy atom. The molecule has 1 aromatic heterocycles. The molecule has 19 heteroatoms. The molecule has 47 heavy (non-hydrogen) atoms. The summed E-state index contributed by atoms with van der Waals surface area (Å²) in [6, 6.07) is 7.71. The van der Waals surface area contributed by atoms with Crippen molar-refractivity contribution in [3.8, 4) is 11.8 Å². The fourth-order valence-corrected chi connectivity index (χ4v) is 7.91. The third-order valence-corrected chi connectivity index (χ3v) is 10.9. The Bertz CT molecular complexity index is 1680. The number of ether oxygens (including phenoxy) is 2. The maximum atomic E-state index is 14.3. The summed E-state index contributed by atoms with van der Waals surface area (Å²) in [4.78, 5) is 33.3. The lowest BCUT2D eigenvalue weighted by Crippen LogP contribution is -2.68. The Kier molecular flexibility index (Phi) is 9.54. The van der Waals surface area contributed by atoms with Gasteiger partial charge in [-0.1, -0.05) is 23.2 Å². The highest BCUT2D eigenvalue weighted by molar-refractivity contribution is 7.92. The van der Waals surface area contributed by atoms with Gasteiger partial charge in [0, 0.05) is 38.3 Å². The first-order valence-corrected chi connectivity index (χ1v) is 16.3. The monoisotopic (exact) mass is 725 g/mol.